The van der Waals surface area contributed by atoms with Crippen LogP contribution in [0.4, 0.5) is 0 Å². The van der Waals surface area contributed by atoms with Gasteiger partial charge in [-0.05, 0) is 26.2 Å². The van der Waals surface area contributed by atoms with Gasteiger partial charge in [0.2, 0.25) is 0 Å². The third-order valence-corrected chi connectivity index (χ3v) is 3.72. The van der Waals surface area contributed by atoms with Gasteiger partial charge in [0.1, 0.15) is 12.4 Å². The maximum absolute atomic E-state index is 4.66. The molecule has 1 N–H and O–H groups in total. The SMILES string of the molecule is C=CCCCCCN(C)C(=NCc1nnc(C)n1C)NCC=C.I. The van der Waals surface area contributed by atoms with E-state index in [2.05, 4.69) is 45.6 Å². The van der Waals surface area contributed by atoms with Crippen molar-refractivity contribution >= 4 is 29.9 Å². The van der Waals surface area contributed by atoms with Gasteiger partial charge in [-0.3, -0.25) is 0 Å². The van der Waals surface area contributed by atoms with E-state index in [4.69, 9.17) is 0 Å². The van der Waals surface area contributed by atoms with Crippen LogP contribution in [0.1, 0.15) is 37.3 Å². The molecule has 0 aliphatic carbocycles. The number of hydrogen-bond donors (Lipinski definition) is 1. The molecule has 0 saturated carbocycles. The van der Waals surface area contributed by atoms with Crippen molar-refractivity contribution in [2.45, 2.75) is 39.2 Å². The molecule has 1 aromatic heterocycles. The Hall–Kier alpha value is -1.38. The summed E-state index contributed by atoms with van der Waals surface area (Å²) in [6.07, 6.45) is 8.44. The summed E-state index contributed by atoms with van der Waals surface area (Å²) in [5.74, 6) is 2.63. The van der Waals surface area contributed by atoms with Crippen LogP contribution in [-0.2, 0) is 13.6 Å². The smallest absolute Gasteiger partial charge is 0.194 e. The number of aliphatic imine (C=N–C) groups is 1. The zero-order valence-electron chi connectivity index (χ0n) is 15.2. The molecule has 24 heavy (non-hydrogen) atoms. The fourth-order valence-electron chi connectivity index (χ4n) is 2.13. The van der Waals surface area contributed by atoms with Crippen molar-refractivity contribution in [1.29, 1.82) is 0 Å². The average molecular weight is 446 g/mol. The van der Waals surface area contributed by atoms with E-state index in [1.807, 2.05) is 30.7 Å². The van der Waals surface area contributed by atoms with Crippen LogP contribution in [0.5, 0.6) is 0 Å². The number of rotatable bonds is 10. The summed E-state index contributed by atoms with van der Waals surface area (Å²) in [6, 6.07) is 0. The van der Waals surface area contributed by atoms with Gasteiger partial charge < -0.3 is 14.8 Å². The summed E-state index contributed by atoms with van der Waals surface area (Å²) in [7, 11) is 4.02. The van der Waals surface area contributed by atoms with Crippen molar-refractivity contribution in [3.05, 3.63) is 37.0 Å². The Morgan fingerprint density at radius 1 is 1.25 bits per heavy atom. The monoisotopic (exact) mass is 446 g/mol. The molecular weight excluding hydrogens is 415 g/mol. The van der Waals surface area contributed by atoms with Crippen LogP contribution in [0, 0.1) is 6.92 Å². The molecule has 0 spiro atoms. The zero-order chi connectivity index (χ0) is 17.1. The maximum Gasteiger partial charge on any atom is 0.194 e. The minimum atomic E-state index is 0. The number of aromatic nitrogens is 3. The van der Waals surface area contributed by atoms with E-state index >= 15 is 0 Å². The fourth-order valence-corrected chi connectivity index (χ4v) is 2.13. The predicted molar refractivity (Wildman–Crippen MR) is 112 cm³/mol. The molecule has 0 aliphatic rings. The molecule has 0 amide bonds. The number of guanidine groups is 1. The van der Waals surface area contributed by atoms with Crippen molar-refractivity contribution in [3.63, 3.8) is 0 Å². The number of halogens is 1. The molecule has 136 valence electrons. The first kappa shape index (κ1) is 22.6. The Kier molecular flexibility index (Phi) is 12.2. The second-order valence-electron chi connectivity index (χ2n) is 5.59. The lowest BCUT2D eigenvalue weighted by Crippen LogP contribution is -2.39. The minimum absolute atomic E-state index is 0. The Morgan fingerprint density at radius 3 is 2.58 bits per heavy atom. The van der Waals surface area contributed by atoms with E-state index in [0.717, 1.165) is 37.0 Å². The first-order valence-electron chi connectivity index (χ1n) is 8.16. The molecule has 0 unspecified atom stereocenters. The summed E-state index contributed by atoms with van der Waals surface area (Å²) in [5.41, 5.74) is 0. The highest BCUT2D eigenvalue weighted by atomic mass is 127. The topological polar surface area (TPSA) is 58.3 Å². The third kappa shape index (κ3) is 7.94. The van der Waals surface area contributed by atoms with Gasteiger partial charge in [-0.25, -0.2) is 4.99 Å². The van der Waals surface area contributed by atoms with Gasteiger partial charge >= 0.3 is 0 Å². The molecule has 1 aromatic rings. The third-order valence-electron chi connectivity index (χ3n) is 3.72. The van der Waals surface area contributed by atoms with Gasteiger partial charge in [-0.15, -0.1) is 47.3 Å². The van der Waals surface area contributed by atoms with Gasteiger partial charge in [-0.2, -0.15) is 0 Å². The van der Waals surface area contributed by atoms with Crippen molar-refractivity contribution in [2.24, 2.45) is 12.0 Å². The van der Waals surface area contributed by atoms with Crippen LogP contribution in [0.2, 0.25) is 0 Å². The number of unbranched alkanes of at least 4 members (excludes halogenated alkanes) is 3. The molecule has 1 heterocycles. The largest absolute Gasteiger partial charge is 0.353 e. The van der Waals surface area contributed by atoms with Crippen LogP contribution < -0.4 is 5.32 Å². The first-order valence-corrected chi connectivity index (χ1v) is 8.16. The summed E-state index contributed by atoms with van der Waals surface area (Å²) < 4.78 is 1.96. The van der Waals surface area contributed by atoms with E-state index in [-0.39, 0.29) is 24.0 Å². The lowest BCUT2D eigenvalue weighted by molar-refractivity contribution is 0.456. The van der Waals surface area contributed by atoms with E-state index in [9.17, 15) is 0 Å². The van der Waals surface area contributed by atoms with E-state index in [1.54, 1.807) is 0 Å². The average Bonchev–Trinajstić information content (AvgIpc) is 2.86. The second kappa shape index (κ2) is 13.0. The maximum atomic E-state index is 4.66. The summed E-state index contributed by atoms with van der Waals surface area (Å²) >= 11 is 0. The van der Waals surface area contributed by atoms with Gasteiger partial charge in [0.05, 0.1) is 0 Å². The van der Waals surface area contributed by atoms with E-state index in [0.29, 0.717) is 13.1 Å². The number of hydrogen-bond acceptors (Lipinski definition) is 3. The Morgan fingerprint density at radius 2 is 2.00 bits per heavy atom. The van der Waals surface area contributed by atoms with Gasteiger partial charge in [0, 0.05) is 27.2 Å². The molecule has 0 bridgehead atoms. The van der Waals surface area contributed by atoms with Crippen LogP contribution in [0.15, 0.2) is 30.3 Å². The Bertz CT molecular complexity index is 523. The molecule has 0 aromatic carbocycles. The Balaban J connectivity index is 0.00000529. The quantitative estimate of drug-likeness (QED) is 0.197. The van der Waals surface area contributed by atoms with Gasteiger partial charge in [0.15, 0.2) is 11.8 Å². The second-order valence-corrected chi connectivity index (χ2v) is 5.59. The molecule has 6 nitrogen and oxygen atoms in total. The zero-order valence-corrected chi connectivity index (χ0v) is 17.5. The van der Waals surface area contributed by atoms with Gasteiger partial charge in [0.25, 0.3) is 0 Å². The summed E-state index contributed by atoms with van der Waals surface area (Å²) in [6.45, 7) is 11.6. The first-order chi connectivity index (χ1) is 11.1. The standard InChI is InChI=1S/C17H30N6.HI/c1-6-8-9-10-11-13-22(4)17(18-12-7-2)19-14-16-21-20-15(3)23(16)5;/h6-7H,1-2,8-14H2,3-5H3,(H,18,19);1H. The number of allylic oxidation sites excluding steroid dienone is 1. The molecule has 0 atom stereocenters. The van der Waals surface area contributed by atoms with E-state index < -0.39 is 0 Å². The molecule has 7 heteroatoms. The fraction of sp³-hybridized carbons (Fsp3) is 0.588. The molecular formula is C17H31IN6. The lowest BCUT2D eigenvalue weighted by atomic mass is 10.2. The molecule has 1 rings (SSSR count). The normalized spacial score (nSPS) is 10.9. The highest BCUT2D eigenvalue weighted by molar-refractivity contribution is 14.0. The van der Waals surface area contributed by atoms with Crippen molar-refractivity contribution < 1.29 is 0 Å². The molecule has 0 radical (unpaired) electrons. The number of nitrogens with zero attached hydrogens (tertiary/aromatic N) is 5. The van der Waals surface area contributed by atoms with Crippen molar-refractivity contribution in [1.82, 2.24) is 25.0 Å². The molecule has 0 saturated heterocycles. The van der Waals surface area contributed by atoms with Crippen LogP contribution >= 0.6 is 24.0 Å². The minimum Gasteiger partial charge on any atom is -0.353 e. The van der Waals surface area contributed by atoms with Crippen molar-refractivity contribution in [3.8, 4) is 0 Å². The summed E-state index contributed by atoms with van der Waals surface area (Å²) in [5, 5.41) is 11.5. The van der Waals surface area contributed by atoms with E-state index in [1.165, 1.54) is 12.8 Å². The van der Waals surface area contributed by atoms with Gasteiger partial charge in [-0.1, -0.05) is 18.6 Å². The highest BCUT2D eigenvalue weighted by Crippen LogP contribution is 2.03. The van der Waals surface area contributed by atoms with Crippen LogP contribution in [0.25, 0.3) is 0 Å². The lowest BCUT2D eigenvalue weighted by Gasteiger charge is -2.22. The number of nitrogens with one attached hydrogen (secondary N) is 1. The number of aryl methyl sites for hydroxylation is 1. The molecule has 0 aliphatic heterocycles. The van der Waals surface area contributed by atoms with Crippen LogP contribution in [-0.4, -0.2) is 45.8 Å². The predicted octanol–water partition coefficient (Wildman–Crippen LogP) is 3.05. The van der Waals surface area contributed by atoms with Crippen LogP contribution in [0.3, 0.4) is 0 Å². The highest BCUT2D eigenvalue weighted by Gasteiger charge is 2.08. The molecule has 0 fully saturated rings. The summed E-state index contributed by atoms with van der Waals surface area (Å²) in [4.78, 5) is 6.82. The Labute approximate surface area is 163 Å². The van der Waals surface area contributed by atoms with Crippen molar-refractivity contribution in [2.75, 3.05) is 20.1 Å².